The summed E-state index contributed by atoms with van der Waals surface area (Å²) in [6.45, 7) is 2.93. The van der Waals surface area contributed by atoms with Gasteiger partial charge < -0.3 is 5.32 Å². The number of fused-ring (bicyclic) bond motifs is 1. The lowest BCUT2D eigenvalue weighted by molar-refractivity contribution is 0.585. The number of rotatable bonds is 4. The lowest BCUT2D eigenvalue weighted by atomic mass is 10.2. The van der Waals surface area contributed by atoms with Crippen LogP contribution in [0.15, 0.2) is 6.07 Å². The predicted molar refractivity (Wildman–Crippen MR) is 66.7 cm³/mol. The fourth-order valence-electron chi connectivity index (χ4n) is 2.09. The van der Waals surface area contributed by atoms with Gasteiger partial charge >= 0.3 is 0 Å². The number of nitrogens with one attached hydrogen (secondary N) is 1. The van der Waals surface area contributed by atoms with Crippen molar-refractivity contribution in [2.45, 2.75) is 31.4 Å². The molecule has 0 amide bonds. The second kappa shape index (κ2) is 4.60. The van der Waals surface area contributed by atoms with Gasteiger partial charge in [0.15, 0.2) is 9.84 Å². The molecular weight excluding hydrogens is 238 g/mol. The summed E-state index contributed by atoms with van der Waals surface area (Å²) in [5.74, 6) is 0.736. The first-order chi connectivity index (χ1) is 8.02. The van der Waals surface area contributed by atoms with Crippen molar-refractivity contribution in [2.24, 2.45) is 0 Å². The second-order valence-corrected chi connectivity index (χ2v) is 6.65. The second-order valence-electron chi connectivity index (χ2n) is 4.42. The molecule has 1 atom stereocenters. The smallest absolute Gasteiger partial charge is 0.156 e. The quantitative estimate of drug-likeness (QED) is 0.878. The van der Waals surface area contributed by atoms with Crippen molar-refractivity contribution in [2.75, 3.05) is 18.1 Å². The topological polar surface area (TPSA) is 72.0 Å². The van der Waals surface area contributed by atoms with E-state index >= 15 is 0 Å². The summed E-state index contributed by atoms with van der Waals surface area (Å²) in [5.41, 5.74) is 1.64. The van der Waals surface area contributed by atoms with Crippen molar-refractivity contribution in [3.8, 4) is 0 Å². The van der Waals surface area contributed by atoms with Crippen LogP contribution in [0, 0.1) is 0 Å². The molecule has 1 heterocycles. The molecule has 0 spiro atoms. The van der Waals surface area contributed by atoms with Crippen molar-refractivity contribution in [1.82, 2.24) is 10.2 Å². The largest absolute Gasteiger partial charge is 0.369 e. The summed E-state index contributed by atoms with van der Waals surface area (Å²) in [6.07, 6.45) is 3.67. The molecule has 0 saturated carbocycles. The van der Waals surface area contributed by atoms with Crippen LogP contribution >= 0.6 is 0 Å². The fourth-order valence-corrected chi connectivity index (χ4v) is 3.24. The van der Waals surface area contributed by atoms with E-state index in [0.29, 0.717) is 12.1 Å². The molecule has 2 rings (SSSR count). The average Bonchev–Trinajstić information content (AvgIpc) is 2.68. The standard InChI is InChI=1S/C11H17N3O2S/c1-3-6-12-10-7-8-4-5-9(17(2,15)16)11(8)14-13-10/h7,9H,3-6H2,1-2H3,(H,12,13). The highest BCUT2D eigenvalue weighted by molar-refractivity contribution is 7.90. The van der Waals surface area contributed by atoms with E-state index in [1.807, 2.05) is 6.07 Å². The van der Waals surface area contributed by atoms with Crippen LogP contribution in [0.3, 0.4) is 0 Å². The van der Waals surface area contributed by atoms with Crippen LogP contribution in [0.1, 0.15) is 36.3 Å². The first-order valence-electron chi connectivity index (χ1n) is 5.81. The van der Waals surface area contributed by atoms with Gasteiger partial charge in [-0.15, -0.1) is 5.10 Å². The zero-order valence-corrected chi connectivity index (χ0v) is 10.9. The summed E-state index contributed by atoms with van der Waals surface area (Å²) in [4.78, 5) is 0. The summed E-state index contributed by atoms with van der Waals surface area (Å²) in [7, 11) is -3.07. The van der Waals surface area contributed by atoms with E-state index in [1.54, 1.807) is 0 Å². The van der Waals surface area contributed by atoms with Crippen molar-refractivity contribution in [1.29, 1.82) is 0 Å². The van der Waals surface area contributed by atoms with Crippen LogP contribution < -0.4 is 5.32 Å². The Kier molecular flexibility index (Phi) is 3.33. The van der Waals surface area contributed by atoms with E-state index in [-0.39, 0.29) is 0 Å². The monoisotopic (exact) mass is 255 g/mol. The molecule has 0 radical (unpaired) electrons. The van der Waals surface area contributed by atoms with Crippen LogP contribution in [0.25, 0.3) is 0 Å². The number of sulfone groups is 1. The first kappa shape index (κ1) is 12.3. The van der Waals surface area contributed by atoms with Crippen LogP contribution in [0.4, 0.5) is 5.82 Å². The predicted octanol–water partition coefficient (Wildman–Crippen LogP) is 1.33. The third kappa shape index (κ3) is 2.57. The average molecular weight is 255 g/mol. The molecule has 0 aliphatic heterocycles. The summed E-state index contributed by atoms with van der Waals surface area (Å²) < 4.78 is 23.1. The van der Waals surface area contributed by atoms with Gasteiger partial charge in [0.2, 0.25) is 0 Å². The zero-order chi connectivity index (χ0) is 12.5. The van der Waals surface area contributed by atoms with Gasteiger partial charge in [-0.1, -0.05) is 6.92 Å². The molecule has 6 heteroatoms. The minimum absolute atomic E-state index is 0.467. The van der Waals surface area contributed by atoms with Gasteiger partial charge in [-0.05, 0) is 30.9 Å². The van der Waals surface area contributed by atoms with Gasteiger partial charge in [-0.3, -0.25) is 0 Å². The third-order valence-corrected chi connectivity index (χ3v) is 4.45. The lowest BCUT2D eigenvalue weighted by Crippen LogP contribution is -2.11. The Morgan fingerprint density at radius 2 is 2.24 bits per heavy atom. The van der Waals surface area contributed by atoms with E-state index < -0.39 is 15.1 Å². The highest BCUT2D eigenvalue weighted by Gasteiger charge is 2.32. The van der Waals surface area contributed by atoms with Gasteiger partial charge in [0.1, 0.15) is 11.1 Å². The van der Waals surface area contributed by atoms with Crippen LogP contribution in [-0.4, -0.2) is 31.4 Å². The normalized spacial score (nSPS) is 19.1. The maximum absolute atomic E-state index is 11.6. The zero-order valence-electron chi connectivity index (χ0n) is 10.1. The molecule has 0 fully saturated rings. The number of aryl methyl sites for hydroxylation is 1. The molecule has 17 heavy (non-hydrogen) atoms. The van der Waals surface area contributed by atoms with Crippen molar-refractivity contribution in [3.63, 3.8) is 0 Å². The number of nitrogens with zero attached hydrogens (tertiary/aromatic N) is 2. The molecule has 0 aromatic carbocycles. The van der Waals surface area contributed by atoms with E-state index in [0.717, 1.165) is 30.8 Å². The highest BCUT2D eigenvalue weighted by Crippen LogP contribution is 2.35. The number of anilines is 1. The summed E-state index contributed by atoms with van der Waals surface area (Å²) in [6, 6.07) is 1.92. The highest BCUT2D eigenvalue weighted by atomic mass is 32.2. The molecule has 94 valence electrons. The van der Waals surface area contributed by atoms with Crippen molar-refractivity contribution in [3.05, 3.63) is 17.3 Å². The number of hydrogen-bond acceptors (Lipinski definition) is 5. The van der Waals surface area contributed by atoms with Gasteiger partial charge in [-0.2, -0.15) is 5.10 Å². The Balaban J connectivity index is 2.26. The Bertz CT molecular complexity index is 513. The van der Waals surface area contributed by atoms with E-state index in [1.165, 1.54) is 6.26 Å². The van der Waals surface area contributed by atoms with E-state index in [2.05, 4.69) is 22.4 Å². The van der Waals surface area contributed by atoms with E-state index in [4.69, 9.17) is 0 Å². The van der Waals surface area contributed by atoms with Crippen LogP contribution in [0.5, 0.6) is 0 Å². The Morgan fingerprint density at radius 3 is 2.88 bits per heavy atom. The molecule has 1 aromatic rings. The van der Waals surface area contributed by atoms with Gasteiger partial charge in [-0.25, -0.2) is 8.42 Å². The molecular formula is C11H17N3O2S. The summed E-state index contributed by atoms with van der Waals surface area (Å²) >= 11 is 0. The first-order valence-corrected chi connectivity index (χ1v) is 7.77. The fraction of sp³-hybridized carbons (Fsp3) is 0.636. The lowest BCUT2D eigenvalue weighted by Gasteiger charge is -2.08. The molecule has 0 saturated heterocycles. The number of hydrogen-bond donors (Lipinski definition) is 1. The van der Waals surface area contributed by atoms with E-state index in [9.17, 15) is 8.42 Å². The van der Waals surface area contributed by atoms with Crippen LogP contribution in [0.2, 0.25) is 0 Å². The third-order valence-electron chi connectivity index (χ3n) is 2.96. The Morgan fingerprint density at radius 1 is 1.47 bits per heavy atom. The van der Waals surface area contributed by atoms with Gasteiger partial charge in [0, 0.05) is 12.8 Å². The minimum atomic E-state index is -3.07. The summed E-state index contributed by atoms with van der Waals surface area (Å²) in [5, 5.41) is 10.8. The molecule has 5 nitrogen and oxygen atoms in total. The molecule has 1 aliphatic rings. The van der Waals surface area contributed by atoms with Gasteiger partial charge in [0.25, 0.3) is 0 Å². The van der Waals surface area contributed by atoms with Crippen LogP contribution in [-0.2, 0) is 16.3 Å². The SMILES string of the molecule is CCCNc1cc2c(nn1)C(S(C)(=O)=O)CC2. The molecule has 1 aliphatic carbocycles. The maximum Gasteiger partial charge on any atom is 0.156 e. The molecule has 1 aromatic heterocycles. The Hall–Kier alpha value is -1.17. The Labute approximate surface area is 102 Å². The van der Waals surface area contributed by atoms with Crippen molar-refractivity contribution >= 4 is 15.7 Å². The maximum atomic E-state index is 11.6. The number of aromatic nitrogens is 2. The molecule has 1 N–H and O–H groups in total. The molecule has 0 bridgehead atoms. The molecule has 1 unspecified atom stereocenters. The minimum Gasteiger partial charge on any atom is -0.369 e. The van der Waals surface area contributed by atoms with Gasteiger partial charge in [0.05, 0.1) is 5.69 Å². The van der Waals surface area contributed by atoms with Crippen molar-refractivity contribution < 1.29 is 8.42 Å².